The number of pyridine rings is 3. The minimum Gasteiger partial charge on any atom is -0.462 e. The number of aryl methyl sites for hydroxylation is 2. The highest BCUT2D eigenvalue weighted by atomic mass is 32.1. The van der Waals surface area contributed by atoms with Crippen LogP contribution in [0.25, 0.3) is 21.3 Å². The van der Waals surface area contributed by atoms with E-state index in [2.05, 4.69) is 20.9 Å². The number of anilines is 2. The first kappa shape index (κ1) is 25.0. The third kappa shape index (κ3) is 5.07. The molecule has 0 amide bonds. The number of piperazine rings is 1. The lowest BCUT2D eigenvalue weighted by Crippen LogP contribution is -2.46. The normalized spacial score (nSPS) is 13.8. The second kappa shape index (κ2) is 10.8. The van der Waals surface area contributed by atoms with Crippen LogP contribution in [0, 0.1) is 0 Å². The summed E-state index contributed by atoms with van der Waals surface area (Å²) in [4.78, 5) is 44.5. The number of benzene rings is 1. The summed E-state index contributed by atoms with van der Waals surface area (Å²) in [6.45, 7) is 5.66. The van der Waals surface area contributed by atoms with Gasteiger partial charge in [0, 0.05) is 57.2 Å². The number of hydrogen-bond acceptors (Lipinski definition) is 9. The zero-order chi connectivity index (χ0) is 26.8. The number of carbonyl (C=O) groups is 1. The van der Waals surface area contributed by atoms with Crippen LogP contribution in [-0.4, -0.2) is 58.3 Å². The van der Waals surface area contributed by atoms with Crippen molar-refractivity contribution in [3.63, 3.8) is 0 Å². The SMILES string of the molecule is CCOC(=O)c1cn(CCc2ccccn2)c2nc(N3CCN(c4nc5ccccc5s4)CC3)ccc2c1=O. The van der Waals surface area contributed by atoms with Gasteiger partial charge in [0.2, 0.25) is 5.43 Å². The summed E-state index contributed by atoms with van der Waals surface area (Å²) in [6, 6.07) is 17.6. The molecule has 0 spiro atoms. The Morgan fingerprint density at radius 1 is 0.974 bits per heavy atom. The molecule has 9 nitrogen and oxygen atoms in total. The van der Waals surface area contributed by atoms with Crippen LogP contribution in [0.5, 0.6) is 0 Å². The molecule has 0 radical (unpaired) electrons. The molecule has 0 saturated carbocycles. The average molecular weight is 541 g/mol. The lowest BCUT2D eigenvalue weighted by molar-refractivity contribution is 0.0524. The smallest absolute Gasteiger partial charge is 0.343 e. The Morgan fingerprint density at radius 3 is 2.54 bits per heavy atom. The summed E-state index contributed by atoms with van der Waals surface area (Å²) in [5.74, 6) is 0.187. The van der Waals surface area contributed by atoms with Crippen LogP contribution < -0.4 is 15.2 Å². The molecular weight excluding hydrogens is 512 g/mol. The molecule has 0 atom stereocenters. The molecular formula is C29H28N6O3S. The zero-order valence-corrected chi connectivity index (χ0v) is 22.4. The first-order valence-electron chi connectivity index (χ1n) is 13.1. The van der Waals surface area contributed by atoms with E-state index in [-0.39, 0.29) is 17.6 Å². The number of ether oxygens (including phenoxy) is 1. The van der Waals surface area contributed by atoms with Crippen LogP contribution in [0.4, 0.5) is 10.9 Å². The summed E-state index contributed by atoms with van der Waals surface area (Å²) < 4.78 is 8.22. The molecule has 5 heterocycles. The second-order valence-electron chi connectivity index (χ2n) is 9.34. The predicted octanol–water partition coefficient (Wildman–Crippen LogP) is 4.15. The molecule has 6 rings (SSSR count). The molecule has 1 saturated heterocycles. The van der Waals surface area contributed by atoms with E-state index in [0.29, 0.717) is 24.0 Å². The summed E-state index contributed by atoms with van der Waals surface area (Å²) >= 11 is 1.72. The Labute approximate surface area is 229 Å². The van der Waals surface area contributed by atoms with Crippen molar-refractivity contribution in [3.8, 4) is 0 Å². The Balaban J connectivity index is 1.28. The van der Waals surface area contributed by atoms with E-state index in [9.17, 15) is 9.59 Å². The molecule has 10 heteroatoms. The highest BCUT2D eigenvalue weighted by molar-refractivity contribution is 7.22. The van der Waals surface area contributed by atoms with Gasteiger partial charge in [-0.05, 0) is 43.3 Å². The number of carbonyl (C=O) groups excluding carboxylic acids is 1. The molecule has 198 valence electrons. The maximum Gasteiger partial charge on any atom is 0.343 e. The summed E-state index contributed by atoms with van der Waals surface area (Å²) in [7, 11) is 0. The van der Waals surface area contributed by atoms with Gasteiger partial charge in [-0.15, -0.1) is 0 Å². The number of thiazole rings is 1. The lowest BCUT2D eigenvalue weighted by Gasteiger charge is -2.35. The van der Waals surface area contributed by atoms with E-state index in [1.54, 1.807) is 36.7 Å². The van der Waals surface area contributed by atoms with Crippen LogP contribution in [0.15, 0.2) is 71.8 Å². The zero-order valence-electron chi connectivity index (χ0n) is 21.6. The van der Waals surface area contributed by atoms with Crippen LogP contribution >= 0.6 is 11.3 Å². The fraction of sp³-hybridized carbons (Fsp3) is 0.276. The molecule has 0 bridgehead atoms. The van der Waals surface area contributed by atoms with E-state index < -0.39 is 5.97 Å². The molecule has 1 aliphatic rings. The van der Waals surface area contributed by atoms with Crippen molar-refractivity contribution in [2.75, 3.05) is 42.6 Å². The van der Waals surface area contributed by atoms with Crippen molar-refractivity contribution in [1.29, 1.82) is 0 Å². The molecule has 39 heavy (non-hydrogen) atoms. The summed E-state index contributed by atoms with van der Waals surface area (Å²) in [6.07, 6.45) is 3.97. The quantitative estimate of drug-likeness (QED) is 0.284. The average Bonchev–Trinajstić information content (AvgIpc) is 3.42. The van der Waals surface area contributed by atoms with Gasteiger partial charge in [0.25, 0.3) is 0 Å². The van der Waals surface area contributed by atoms with E-state index in [1.807, 2.05) is 47.0 Å². The fourth-order valence-corrected chi connectivity index (χ4v) is 5.88. The molecule has 0 N–H and O–H groups in total. The fourth-order valence-electron chi connectivity index (χ4n) is 4.86. The van der Waals surface area contributed by atoms with Crippen molar-refractivity contribution in [1.82, 2.24) is 19.5 Å². The number of para-hydroxylation sites is 1. The second-order valence-corrected chi connectivity index (χ2v) is 10.3. The molecule has 5 aromatic rings. The number of rotatable bonds is 7. The van der Waals surface area contributed by atoms with Gasteiger partial charge in [-0.25, -0.2) is 14.8 Å². The summed E-state index contributed by atoms with van der Waals surface area (Å²) in [5, 5.41) is 1.44. The third-order valence-corrected chi connectivity index (χ3v) is 7.99. The van der Waals surface area contributed by atoms with Gasteiger partial charge >= 0.3 is 5.97 Å². The highest BCUT2D eigenvalue weighted by Crippen LogP contribution is 2.30. The van der Waals surface area contributed by atoms with Crippen LogP contribution in [0.3, 0.4) is 0 Å². The third-order valence-electron chi connectivity index (χ3n) is 6.89. The monoisotopic (exact) mass is 540 g/mol. The van der Waals surface area contributed by atoms with Gasteiger partial charge in [-0.1, -0.05) is 29.5 Å². The molecule has 0 aliphatic carbocycles. The largest absolute Gasteiger partial charge is 0.462 e. The molecule has 4 aromatic heterocycles. The van der Waals surface area contributed by atoms with Crippen molar-refractivity contribution in [2.45, 2.75) is 19.9 Å². The Hall–Kier alpha value is -4.31. The first-order chi connectivity index (χ1) is 19.1. The van der Waals surface area contributed by atoms with Crippen LogP contribution in [0.1, 0.15) is 23.0 Å². The van der Waals surface area contributed by atoms with Gasteiger partial charge < -0.3 is 19.1 Å². The number of aromatic nitrogens is 4. The predicted molar refractivity (Wildman–Crippen MR) is 154 cm³/mol. The molecule has 1 fully saturated rings. The van der Waals surface area contributed by atoms with Gasteiger partial charge in [0.15, 0.2) is 5.13 Å². The van der Waals surface area contributed by atoms with E-state index in [4.69, 9.17) is 14.7 Å². The van der Waals surface area contributed by atoms with E-state index in [0.717, 1.165) is 48.3 Å². The van der Waals surface area contributed by atoms with Gasteiger partial charge in [0.05, 0.1) is 22.2 Å². The standard InChI is InChI=1S/C29H28N6O3S/c1-2-38-28(37)22-19-35(14-12-20-7-5-6-13-30-20)27-21(26(22)36)10-11-25(32-27)33-15-17-34(18-16-33)29-31-23-8-3-4-9-24(23)39-29/h3-11,13,19H,2,12,14-18H2,1H3. The van der Waals surface area contributed by atoms with Gasteiger partial charge in [0.1, 0.15) is 17.0 Å². The molecule has 1 aromatic carbocycles. The van der Waals surface area contributed by atoms with Gasteiger partial charge in [-0.2, -0.15) is 0 Å². The van der Waals surface area contributed by atoms with Crippen molar-refractivity contribution in [2.24, 2.45) is 0 Å². The number of nitrogens with zero attached hydrogens (tertiary/aromatic N) is 6. The molecule has 0 unspecified atom stereocenters. The maximum absolute atomic E-state index is 13.2. The number of fused-ring (bicyclic) bond motifs is 2. The van der Waals surface area contributed by atoms with Crippen molar-refractivity contribution >= 4 is 49.5 Å². The van der Waals surface area contributed by atoms with E-state index in [1.165, 1.54) is 4.70 Å². The van der Waals surface area contributed by atoms with Gasteiger partial charge in [-0.3, -0.25) is 9.78 Å². The van der Waals surface area contributed by atoms with Crippen molar-refractivity contribution in [3.05, 3.63) is 88.5 Å². The van der Waals surface area contributed by atoms with Crippen LogP contribution in [0.2, 0.25) is 0 Å². The lowest BCUT2D eigenvalue weighted by atomic mass is 10.1. The summed E-state index contributed by atoms with van der Waals surface area (Å²) in [5.41, 5.74) is 2.16. The van der Waals surface area contributed by atoms with E-state index >= 15 is 0 Å². The topological polar surface area (TPSA) is 93.5 Å². The number of esters is 1. The highest BCUT2D eigenvalue weighted by Gasteiger charge is 2.23. The first-order valence-corrected chi connectivity index (χ1v) is 13.9. The maximum atomic E-state index is 13.2. The Morgan fingerprint density at radius 2 is 1.77 bits per heavy atom. The van der Waals surface area contributed by atoms with Crippen molar-refractivity contribution < 1.29 is 9.53 Å². The minimum absolute atomic E-state index is 0.0179. The molecule has 1 aliphatic heterocycles. The Bertz CT molecular complexity index is 1660. The van der Waals surface area contributed by atoms with Crippen LogP contribution in [-0.2, 0) is 17.7 Å². The Kier molecular flexibility index (Phi) is 6.93. The number of hydrogen-bond donors (Lipinski definition) is 0. The minimum atomic E-state index is -0.619.